The lowest BCUT2D eigenvalue weighted by Gasteiger charge is -2.32. The smallest absolute Gasteiger partial charge is 0.410 e. The maximum atomic E-state index is 11.1. The van der Waals surface area contributed by atoms with Gasteiger partial charge in [-0.3, -0.25) is 0 Å². The standard InChI is InChI=1S/C21H26N6O3/c1-26-10-12-27(13-11-26)9-4-14-29-18-8-3-6-16(23-18)20-24-15-5-2-7-17(19(15)25-20)30-21(22)28/h2-3,5-8H,4,9-14H2,1H3,(H2,22,28)(H,24,25). The van der Waals surface area contributed by atoms with Crippen LogP contribution in [-0.4, -0.2) is 77.2 Å². The first kappa shape index (κ1) is 20.1. The van der Waals surface area contributed by atoms with Gasteiger partial charge in [0.15, 0.2) is 11.6 Å². The molecule has 4 rings (SSSR count). The maximum Gasteiger partial charge on any atom is 0.410 e. The van der Waals surface area contributed by atoms with Crippen molar-refractivity contribution >= 4 is 17.1 Å². The highest BCUT2D eigenvalue weighted by molar-refractivity contribution is 5.86. The summed E-state index contributed by atoms with van der Waals surface area (Å²) in [5.41, 5.74) is 7.02. The molecule has 0 unspecified atom stereocenters. The number of piperazine rings is 1. The third-order valence-corrected chi connectivity index (χ3v) is 5.12. The average molecular weight is 410 g/mol. The summed E-state index contributed by atoms with van der Waals surface area (Å²) < 4.78 is 10.9. The molecule has 0 radical (unpaired) electrons. The van der Waals surface area contributed by atoms with Crippen LogP contribution in [-0.2, 0) is 0 Å². The zero-order chi connectivity index (χ0) is 20.9. The van der Waals surface area contributed by atoms with Crippen molar-refractivity contribution in [2.45, 2.75) is 6.42 Å². The number of nitrogens with one attached hydrogen (secondary N) is 1. The lowest BCUT2D eigenvalue weighted by Crippen LogP contribution is -2.44. The van der Waals surface area contributed by atoms with Gasteiger partial charge in [0.1, 0.15) is 11.2 Å². The molecule has 1 aliphatic rings. The molecule has 1 aromatic carbocycles. The Balaban J connectivity index is 1.39. The number of nitrogens with zero attached hydrogens (tertiary/aromatic N) is 4. The minimum atomic E-state index is -0.878. The Kier molecular flexibility index (Phi) is 6.10. The van der Waals surface area contributed by atoms with Crippen LogP contribution >= 0.6 is 0 Å². The minimum Gasteiger partial charge on any atom is -0.478 e. The lowest BCUT2D eigenvalue weighted by atomic mass is 10.3. The monoisotopic (exact) mass is 410 g/mol. The van der Waals surface area contributed by atoms with Gasteiger partial charge in [0.05, 0.1) is 12.1 Å². The molecule has 0 saturated carbocycles. The van der Waals surface area contributed by atoms with Crippen molar-refractivity contribution in [1.29, 1.82) is 0 Å². The molecule has 1 aliphatic heterocycles. The molecular weight excluding hydrogens is 384 g/mol. The number of H-pyrrole nitrogens is 1. The fraction of sp³-hybridized carbons (Fsp3) is 0.381. The Morgan fingerprint density at radius 3 is 2.73 bits per heavy atom. The predicted molar refractivity (Wildman–Crippen MR) is 114 cm³/mol. The molecule has 2 aromatic heterocycles. The van der Waals surface area contributed by atoms with Gasteiger partial charge in [0, 0.05) is 38.8 Å². The van der Waals surface area contributed by atoms with E-state index < -0.39 is 6.09 Å². The normalized spacial score (nSPS) is 15.4. The van der Waals surface area contributed by atoms with Crippen LogP contribution < -0.4 is 15.2 Å². The van der Waals surface area contributed by atoms with E-state index in [1.807, 2.05) is 24.3 Å². The molecule has 9 nitrogen and oxygen atoms in total. The van der Waals surface area contributed by atoms with E-state index in [0.717, 1.165) is 44.7 Å². The Hall–Kier alpha value is -3.17. The summed E-state index contributed by atoms with van der Waals surface area (Å²) in [7, 11) is 2.16. The van der Waals surface area contributed by atoms with Crippen molar-refractivity contribution < 1.29 is 14.3 Å². The van der Waals surface area contributed by atoms with Gasteiger partial charge in [-0.05, 0) is 31.7 Å². The first-order valence-corrected chi connectivity index (χ1v) is 10.1. The van der Waals surface area contributed by atoms with Crippen LogP contribution in [0, 0.1) is 0 Å². The summed E-state index contributed by atoms with van der Waals surface area (Å²) in [6, 6.07) is 10.8. The van der Waals surface area contributed by atoms with Crippen molar-refractivity contribution in [3.8, 4) is 23.1 Å². The summed E-state index contributed by atoms with van der Waals surface area (Å²) >= 11 is 0. The highest BCUT2D eigenvalue weighted by atomic mass is 16.5. The topological polar surface area (TPSA) is 110 Å². The molecule has 30 heavy (non-hydrogen) atoms. The number of nitrogens with two attached hydrogens (primary N) is 1. The fourth-order valence-electron chi connectivity index (χ4n) is 3.48. The number of hydrogen-bond acceptors (Lipinski definition) is 7. The van der Waals surface area contributed by atoms with Crippen molar-refractivity contribution in [2.24, 2.45) is 5.73 Å². The zero-order valence-electron chi connectivity index (χ0n) is 17.0. The number of aromatic nitrogens is 3. The second-order valence-electron chi connectivity index (χ2n) is 7.37. The summed E-state index contributed by atoms with van der Waals surface area (Å²) in [5, 5.41) is 0. The van der Waals surface area contributed by atoms with Gasteiger partial charge in [0.25, 0.3) is 0 Å². The van der Waals surface area contributed by atoms with E-state index in [9.17, 15) is 4.79 Å². The van der Waals surface area contributed by atoms with Crippen molar-refractivity contribution in [3.63, 3.8) is 0 Å². The number of pyridine rings is 1. The Morgan fingerprint density at radius 1 is 1.13 bits per heavy atom. The number of benzene rings is 1. The molecule has 1 saturated heterocycles. The number of primary amides is 1. The molecule has 0 spiro atoms. The van der Waals surface area contributed by atoms with E-state index >= 15 is 0 Å². The molecule has 0 bridgehead atoms. The molecule has 3 N–H and O–H groups in total. The quantitative estimate of drug-likeness (QED) is 0.574. The number of hydrogen-bond donors (Lipinski definition) is 2. The SMILES string of the molecule is CN1CCN(CCCOc2cccc(-c3nc4c(OC(N)=O)cccc4[nH]3)n2)CC1. The van der Waals surface area contributed by atoms with Crippen LogP contribution in [0.3, 0.4) is 0 Å². The molecule has 158 valence electrons. The summed E-state index contributed by atoms with van der Waals surface area (Å²) in [5.74, 6) is 1.42. The Labute approximate surface area is 174 Å². The number of amides is 1. The van der Waals surface area contributed by atoms with E-state index in [4.69, 9.17) is 15.2 Å². The number of carbonyl (C=O) groups is 1. The van der Waals surface area contributed by atoms with Crippen molar-refractivity contribution in [2.75, 3.05) is 46.4 Å². The van der Waals surface area contributed by atoms with Crippen molar-refractivity contribution in [1.82, 2.24) is 24.8 Å². The third-order valence-electron chi connectivity index (χ3n) is 5.12. The number of imidazole rings is 1. The molecule has 3 heterocycles. The molecule has 3 aromatic rings. The molecular formula is C21H26N6O3. The average Bonchev–Trinajstić information content (AvgIpc) is 3.18. The van der Waals surface area contributed by atoms with E-state index in [0.29, 0.717) is 35.3 Å². The van der Waals surface area contributed by atoms with Crippen LogP contribution in [0.25, 0.3) is 22.6 Å². The first-order valence-electron chi connectivity index (χ1n) is 10.1. The van der Waals surface area contributed by atoms with Crippen LogP contribution in [0.4, 0.5) is 4.79 Å². The van der Waals surface area contributed by atoms with E-state index in [-0.39, 0.29) is 0 Å². The van der Waals surface area contributed by atoms with Gasteiger partial charge in [-0.25, -0.2) is 14.8 Å². The highest BCUT2D eigenvalue weighted by Crippen LogP contribution is 2.27. The second kappa shape index (κ2) is 9.10. The third kappa shape index (κ3) is 4.87. The second-order valence-corrected chi connectivity index (χ2v) is 7.37. The summed E-state index contributed by atoms with van der Waals surface area (Å²) in [4.78, 5) is 28.2. The van der Waals surface area contributed by atoms with E-state index in [1.165, 1.54) is 0 Å². The minimum absolute atomic E-state index is 0.304. The van der Waals surface area contributed by atoms with E-state index in [2.05, 4.69) is 31.8 Å². The first-order chi connectivity index (χ1) is 14.6. The number of rotatable bonds is 7. The van der Waals surface area contributed by atoms with Crippen molar-refractivity contribution in [3.05, 3.63) is 36.4 Å². The number of aromatic amines is 1. The van der Waals surface area contributed by atoms with Gasteiger partial charge in [-0.1, -0.05) is 12.1 Å². The number of ether oxygens (including phenoxy) is 2. The summed E-state index contributed by atoms with van der Waals surface area (Å²) in [6.45, 7) is 6.09. The molecule has 1 fully saturated rings. The molecule has 9 heteroatoms. The van der Waals surface area contributed by atoms with Crippen LogP contribution in [0.15, 0.2) is 36.4 Å². The van der Waals surface area contributed by atoms with Gasteiger partial charge in [0.2, 0.25) is 5.88 Å². The van der Waals surface area contributed by atoms with E-state index in [1.54, 1.807) is 12.1 Å². The molecule has 0 atom stereocenters. The van der Waals surface area contributed by atoms with Crippen LogP contribution in [0.1, 0.15) is 6.42 Å². The Bertz CT molecular complexity index is 1010. The maximum absolute atomic E-state index is 11.1. The van der Waals surface area contributed by atoms with Gasteiger partial charge < -0.3 is 30.0 Å². The summed E-state index contributed by atoms with van der Waals surface area (Å²) in [6.07, 6.45) is 0.0748. The van der Waals surface area contributed by atoms with Gasteiger partial charge >= 0.3 is 6.09 Å². The number of carbonyl (C=O) groups excluding carboxylic acids is 1. The predicted octanol–water partition coefficient (Wildman–Crippen LogP) is 2.10. The fourth-order valence-corrected chi connectivity index (χ4v) is 3.48. The highest BCUT2D eigenvalue weighted by Gasteiger charge is 2.14. The van der Waals surface area contributed by atoms with Gasteiger partial charge in [-0.15, -0.1) is 0 Å². The largest absolute Gasteiger partial charge is 0.478 e. The van der Waals surface area contributed by atoms with Gasteiger partial charge in [-0.2, -0.15) is 0 Å². The number of likely N-dealkylation sites (N-methyl/N-ethyl adjacent to an activating group) is 1. The Morgan fingerprint density at radius 2 is 1.93 bits per heavy atom. The molecule has 0 aliphatic carbocycles. The zero-order valence-corrected chi connectivity index (χ0v) is 17.0. The number of fused-ring (bicyclic) bond motifs is 1. The lowest BCUT2D eigenvalue weighted by molar-refractivity contribution is 0.145. The van der Waals surface area contributed by atoms with Crippen LogP contribution in [0.5, 0.6) is 11.6 Å². The van der Waals surface area contributed by atoms with Crippen LogP contribution in [0.2, 0.25) is 0 Å². The number of para-hydroxylation sites is 1. The molecule has 1 amide bonds.